The summed E-state index contributed by atoms with van der Waals surface area (Å²) >= 11 is 0. The van der Waals surface area contributed by atoms with Gasteiger partial charge >= 0.3 is 0 Å². The Labute approximate surface area is 136 Å². The molecule has 0 saturated heterocycles. The van der Waals surface area contributed by atoms with Gasteiger partial charge in [-0.25, -0.2) is 0 Å². The van der Waals surface area contributed by atoms with Crippen LogP contribution in [0.2, 0.25) is 0 Å². The summed E-state index contributed by atoms with van der Waals surface area (Å²) < 4.78 is 5.62. The highest BCUT2D eigenvalue weighted by atomic mass is 16.5. The van der Waals surface area contributed by atoms with Gasteiger partial charge in [0.15, 0.2) is 0 Å². The van der Waals surface area contributed by atoms with E-state index >= 15 is 0 Å². The quantitative estimate of drug-likeness (QED) is 0.742. The molecule has 0 spiro atoms. The summed E-state index contributed by atoms with van der Waals surface area (Å²) in [6.07, 6.45) is 9.66. The second-order valence-electron chi connectivity index (χ2n) is 6.03. The zero-order valence-electron chi connectivity index (χ0n) is 13.1. The van der Waals surface area contributed by atoms with Crippen molar-refractivity contribution in [3.05, 3.63) is 77.5 Å². The Morgan fingerprint density at radius 3 is 2.74 bits per heavy atom. The van der Waals surface area contributed by atoms with E-state index in [1.807, 2.05) is 24.4 Å². The number of methoxy groups -OCH3 is 1. The van der Waals surface area contributed by atoms with Crippen LogP contribution in [-0.4, -0.2) is 12.8 Å². The van der Waals surface area contributed by atoms with Crippen molar-refractivity contribution in [2.45, 2.75) is 6.42 Å². The number of hydrogen-bond acceptors (Lipinski definition) is 2. The number of rotatable bonds is 4. The van der Waals surface area contributed by atoms with Crippen molar-refractivity contribution in [1.29, 1.82) is 0 Å². The van der Waals surface area contributed by atoms with Crippen molar-refractivity contribution < 1.29 is 4.74 Å². The fraction of sp³-hybridized carbons (Fsp3) is 0.190. The fourth-order valence-corrected chi connectivity index (χ4v) is 3.20. The molecule has 2 unspecified atom stereocenters. The summed E-state index contributed by atoms with van der Waals surface area (Å²) in [6, 6.07) is 16.5. The van der Waals surface area contributed by atoms with E-state index in [9.17, 15) is 0 Å². The molecule has 1 aliphatic carbocycles. The van der Waals surface area contributed by atoms with E-state index in [2.05, 4.69) is 53.6 Å². The van der Waals surface area contributed by atoms with E-state index in [1.165, 1.54) is 17.7 Å². The summed E-state index contributed by atoms with van der Waals surface area (Å²) in [5, 5.41) is 0. The van der Waals surface area contributed by atoms with Crippen LogP contribution in [0.5, 0.6) is 5.75 Å². The topological polar surface area (TPSA) is 21.6 Å². The molecule has 0 N–H and O–H groups in total. The Balaban J connectivity index is 1.76. The minimum atomic E-state index is 0.556. The molecule has 0 aromatic heterocycles. The van der Waals surface area contributed by atoms with Crippen molar-refractivity contribution in [1.82, 2.24) is 0 Å². The normalized spacial score (nSPS) is 21.9. The van der Waals surface area contributed by atoms with E-state index < -0.39 is 0 Å². The molecule has 1 fully saturated rings. The zero-order valence-corrected chi connectivity index (χ0v) is 13.1. The van der Waals surface area contributed by atoms with Crippen LogP contribution in [0.4, 0.5) is 0 Å². The van der Waals surface area contributed by atoms with Crippen LogP contribution < -0.4 is 4.74 Å². The first-order chi connectivity index (χ1) is 11.4. The SMILES string of the molecule is COc1cccc(/C=C/c2ccccc2)c1C1=NC=CC2CC12. The third kappa shape index (κ3) is 2.72. The molecule has 4 rings (SSSR count). The third-order valence-electron chi connectivity index (χ3n) is 4.53. The van der Waals surface area contributed by atoms with Crippen LogP contribution in [-0.2, 0) is 0 Å². The summed E-state index contributed by atoms with van der Waals surface area (Å²) in [7, 11) is 1.73. The van der Waals surface area contributed by atoms with Gasteiger partial charge in [-0.3, -0.25) is 4.99 Å². The molecule has 0 amide bonds. The highest BCUT2D eigenvalue weighted by molar-refractivity contribution is 6.09. The predicted octanol–water partition coefficient (Wildman–Crippen LogP) is 4.82. The van der Waals surface area contributed by atoms with Crippen LogP contribution in [0, 0.1) is 11.8 Å². The van der Waals surface area contributed by atoms with Crippen molar-refractivity contribution in [3.63, 3.8) is 0 Å². The molecule has 1 saturated carbocycles. The van der Waals surface area contributed by atoms with E-state index in [-0.39, 0.29) is 0 Å². The lowest BCUT2D eigenvalue weighted by molar-refractivity contribution is 0.413. The van der Waals surface area contributed by atoms with Crippen molar-refractivity contribution in [2.75, 3.05) is 7.11 Å². The van der Waals surface area contributed by atoms with Gasteiger partial charge in [-0.15, -0.1) is 0 Å². The van der Waals surface area contributed by atoms with Crippen molar-refractivity contribution >= 4 is 17.9 Å². The Hall–Kier alpha value is -2.61. The van der Waals surface area contributed by atoms with Gasteiger partial charge in [0, 0.05) is 17.7 Å². The maximum absolute atomic E-state index is 5.62. The largest absolute Gasteiger partial charge is 0.496 e. The van der Waals surface area contributed by atoms with Crippen LogP contribution in [0.3, 0.4) is 0 Å². The van der Waals surface area contributed by atoms with Gasteiger partial charge in [-0.2, -0.15) is 0 Å². The Morgan fingerprint density at radius 1 is 1.04 bits per heavy atom. The second kappa shape index (κ2) is 5.88. The lowest BCUT2D eigenvalue weighted by Gasteiger charge is -2.15. The van der Waals surface area contributed by atoms with E-state index in [0.29, 0.717) is 11.8 Å². The maximum atomic E-state index is 5.62. The molecule has 2 aliphatic rings. The zero-order chi connectivity index (χ0) is 15.6. The molecule has 0 bridgehead atoms. The number of aliphatic imine (C=N–C) groups is 1. The number of hydrogen-bond donors (Lipinski definition) is 0. The molecule has 2 nitrogen and oxygen atoms in total. The molecular weight excluding hydrogens is 282 g/mol. The Bertz CT molecular complexity index is 802. The number of nitrogens with zero attached hydrogens (tertiary/aromatic N) is 1. The summed E-state index contributed by atoms with van der Waals surface area (Å²) in [5.74, 6) is 2.12. The molecule has 1 heterocycles. The first-order valence-electron chi connectivity index (χ1n) is 8.01. The van der Waals surface area contributed by atoms with Crippen LogP contribution in [0.25, 0.3) is 12.2 Å². The lowest BCUT2D eigenvalue weighted by atomic mass is 9.96. The molecule has 2 aromatic rings. The van der Waals surface area contributed by atoms with E-state index in [4.69, 9.17) is 4.74 Å². The van der Waals surface area contributed by atoms with Gasteiger partial charge in [-0.05, 0) is 29.5 Å². The van der Waals surface area contributed by atoms with E-state index in [1.54, 1.807) is 7.11 Å². The average Bonchev–Trinajstić information content (AvgIpc) is 3.40. The average molecular weight is 301 g/mol. The number of ether oxygens (including phenoxy) is 1. The molecule has 1 aliphatic heterocycles. The predicted molar refractivity (Wildman–Crippen MR) is 95.6 cm³/mol. The minimum Gasteiger partial charge on any atom is -0.496 e. The first-order valence-corrected chi connectivity index (χ1v) is 8.01. The lowest BCUT2D eigenvalue weighted by Crippen LogP contribution is -2.10. The Morgan fingerprint density at radius 2 is 1.91 bits per heavy atom. The van der Waals surface area contributed by atoms with Crippen LogP contribution in [0.1, 0.15) is 23.1 Å². The number of benzene rings is 2. The molecule has 114 valence electrons. The summed E-state index contributed by atoms with van der Waals surface area (Å²) in [5.41, 5.74) is 4.66. The van der Waals surface area contributed by atoms with Crippen LogP contribution >= 0.6 is 0 Å². The molecule has 2 heteroatoms. The van der Waals surface area contributed by atoms with Gasteiger partial charge in [0.2, 0.25) is 0 Å². The third-order valence-corrected chi connectivity index (χ3v) is 4.53. The van der Waals surface area contributed by atoms with Gasteiger partial charge < -0.3 is 4.74 Å². The van der Waals surface area contributed by atoms with Crippen LogP contribution in [0.15, 0.2) is 65.8 Å². The van der Waals surface area contributed by atoms with Crippen molar-refractivity contribution in [3.8, 4) is 5.75 Å². The standard InChI is InChI=1S/C21H19NO/c1-23-19-9-5-8-16(11-10-15-6-3-2-4-7-15)20(19)21-18-14-17(18)12-13-22-21/h2-13,17-18H,14H2,1H3/b11-10+. The smallest absolute Gasteiger partial charge is 0.128 e. The molecule has 2 aromatic carbocycles. The highest BCUT2D eigenvalue weighted by Crippen LogP contribution is 2.46. The summed E-state index contributed by atoms with van der Waals surface area (Å²) in [6.45, 7) is 0. The first kappa shape index (κ1) is 14.0. The van der Waals surface area contributed by atoms with Gasteiger partial charge in [0.05, 0.1) is 12.8 Å². The minimum absolute atomic E-state index is 0.556. The monoisotopic (exact) mass is 301 g/mol. The van der Waals surface area contributed by atoms with E-state index in [0.717, 1.165) is 16.9 Å². The summed E-state index contributed by atoms with van der Waals surface area (Å²) in [4.78, 5) is 4.67. The maximum Gasteiger partial charge on any atom is 0.128 e. The van der Waals surface area contributed by atoms with Gasteiger partial charge in [0.25, 0.3) is 0 Å². The molecular formula is C21H19NO. The molecule has 23 heavy (non-hydrogen) atoms. The number of fused-ring (bicyclic) bond motifs is 1. The fourth-order valence-electron chi connectivity index (χ4n) is 3.20. The van der Waals surface area contributed by atoms with Crippen molar-refractivity contribution in [2.24, 2.45) is 16.8 Å². The number of allylic oxidation sites excluding steroid dienone is 1. The Kier molecular flexibility index (Phi) is 3.58. The highest BCUT2D eigenvalue weighted by Gasteiger charge is 2.42. The second-order valence-corrected chi connectivity index (χ2v) is 6.03. The van der Waals surface area contributed by atoms with Gasteiger partial charge in [0.1, 0.15) is 5.75 Å². The molecule has 2 atom stereocenters. The van der Waals surface area contributed by atoms with Gasteiger partial charge in [-0.1, -0.05) is 60.7 Å². The molecule has 0 radical (unpaired) electrons.